The Labute approximate surface area is 140 Å². The largest absolute Gasteiger partial charge is 0.376 e. The SMILES string of the molecule is CCc1ccc(C(C)(C)CNC(=NC)NCC2CCCO2)cc1. The van der Waals surface area contributed by atoms with Crippen molar-refractivity contribution in [3.8, 4) is 0 Å². The Morgan fingerprint density at radius 2 is 2.00 bits per heavy atom. The number of hydrogen-bond donors (Lipinski definition) is 2. The number of benzene rings is 1. The number of rotatable bonds is 6. The summed E-state index contributed by atoms with van der Waals surface area (Å²) in [4.78, 5) is 4.31. The first kappa shape index (κ1) is 17.8. The molecule has 1 fully saturated rings. The zero-order chi connectivity index (χ0) is 16.7. The Kier molecular flexibility index (Phi) is 6.46. The summed E-state index contributed by atoms with van der Waals surface area (Å²) in [7, 11) is 1.81. The number of aryl methyl sites for hydroxylation is 1. The second-order valence-corrected chi connectivity index (χ2v) is 6.88. The summed E-state index contributed by atoms with van der Waals surface area (Å²) in [5.41, 5.74) is 2.77. The fraction of sp³-hybridized carbons (Fsp3) is 0.632. The third-order valence-corrected chi connectivity index (χ3v) is 4.59. The van der Waals surface area contributed by atoms with Crippen molar-refractivity contribution in [3.05, 3.63) is 35.4 Å². The molecule has 0 bridgehead atoms. The van der Waals surface area contributed by atoms with Crippen LogP contribution in [0.5, 0.6) is 0 Å². The predicted octanol–water partition coefficient (Wildman–Crippen LogP) is 2.87. The first-order chi connectivity index (χ1) is 11.0. The van der Waals surface area contributed by atoms with Gasteiger partial charge in [0.05, 0.1) is 6.10 Å². The molecule has 0 radical (unpaired) electrons. The molecule has 1 unspecified atom stereocenters. The normalized spacial score (nSPS) is 19.0. The van der Waals surface area contributed by atoms with Crippen molar-refractivity contribution in [2.75, 3.05) is 26.7 Å². The second kappa shape index (κ2) is 8.34. The first-order valence-electron chi connectivity index (χ1n) is 8.70. The molecule has 1 heterocycles. The summed E-state index contributed by atoms with van der Waals surface area (Å²) in [6.45, 7) is 9.25. The zero-order valence-electron chi connectivity index (χ0n) is 15.0. The minimum Gasteiger partial charge on any atom is -0.376 e. The lowest BCUT2D eigenvalue weighted by Crippen LogP contribution is -2.45. The second-order valence-electron chi connectivity index (χ2n) is 6.88. The Bertz CT molecular complexity index is 502. The Balaban J connectivity index is 1.85. The fourth-order valence-electron chi connectivity index (χ4n) is 2.83. The molecule has 23 heavy (non-hydrogen) atoms. The van der Waals surface area contributed by atoms with Crippen LogP contribution in [0.1, 0.15) is 44.7 Å². The van der Waals surface area contributed by atoms with E-state index in [9.17, 15) is 0 Å². The van der Waals surface area contributed by atoms with E-state index in [1.165, 1.54) is 17.5 Å². The molecule has 0 saturated carbocycles. The highest BCUT2D eigenvalue weighted by Gasteiger charge is 2.21. The van der Waals surface area contributed by atoms with Crippen molar-refractivity contribution in [2.45, 2.75) is 51.6 Å². The van der Waals surface area contributed by atoms with Gasteiger partial charge in [0, 0.05) is 32.2 Å². The molecule has 128 valence electrons. The number of ether oxygens (including phenoxy) is 1. The molecule has 4 nitrogen and oxygen atoms in total. The quantitative estimate of drug-likeness (QED) is 0.626. The van der Waals surface area contributed by atoms with Crippen molar-refractivity contribution in [1.29, 1.82) is 0 Å². The fourth-order valence-corrected chi connectivity index (χ4v) is 2.83. The van der Waals surface area contributed by atoms with Crippen molar-refractivity contribution in [2.24, 2.45) is 4.99 Å². The molecular weight excluding hydrogens is 286 g/mol. The van der Waals surface area contributed by atoms with Gasteiger partial charge in [-0.2, -0.15) is 0 Å². The maximum absolute atomic E-state index is 5.64. The summed E-state index contributed by atoms with van der Waals surface area (Å²) in [5, 5.41) is 6.81. The van der Waals surface area contributed by atoms with Crippen LogP contribution in [0.15, 0.2) is 29.3 Å². The van der Waals surface area contributed by atoms with Gasteiger partial charge < -0.3 is 15.4 Å². The summed E-state index contributed by atoms with van der Waals surface area (Å²) in [5.74, 6) is 0.846. The number of nitrogens with zero attached hydrogens (tertiary/aromatic N) is 1. The molecule has 0 aliphatic carbocycles. The molecular formula is C19H31N3O. The standard InChI is InChI=1S/C19H31N3O/c1-5-15-8-10-16(11-9-15)19(2,3)14-22-18(20-4)21-13-17-7-6-12-23-17/h8-11,17H,5-7,12-14H2,1-4H3,(H2,20,21,22). The van der Waals surface area contributed by atoms with E-state index in [0.717, 1.165) is 38.5 Å². The maximum Gasteiger partial charge on any atom is 0.191 e. The Morgan fingerprint density at radius 1 is 1.26 bits per heavy atom. The van der Waals surface area contributed by atoms with Gasteiger partial charge in [-0.1, -0.05) is 45.0 Å². The summed E-state index contributed by atoms with van der Waals surface area (Å²) in [6.07, 6.45) is 3.71. The lowest BCUT2D eigenvalue weighted by Gasteiger charge is -2.27. The van der Waals surface area contributed by atoms with Crippen LogP contribution < -0.4 is 10.6 Å². The molecule has 1 atom stereocenters. The Hall–Kier alpha value is -1.55. The molecule has 0 spiro atoms. The molecule has 2 rings (SSSR count). The van der Waals surface area contributed by atoms with Crippen LogP contribution >= 0.6 is 0 Å². The van der Waals surface area contributed by atoms with Gasteiger partial charge in [0.25, 0.3) is 0 Å². The van der Waals surface area contributed by atoms with Crippen LogP contribution in [-0.2, 0) is 16.6 Å². The monoisotopic (exact) mass is 317 g/mol. The van der Waals surface area contributed by atoms with Gasteiger partial charge in [-0.3, -0.25) is 4.99 Å². The van der Waals surface area contributed by atoms with Crippen molar-refractivity contribution < 1.29 is 4.74 Å². The van der Waals surface area contributed by atoms with Crippen LogP contribution in [-0.4, -0.2) is 38.8 Å². The molecule has 0 amide bonds. The maximum atomic E-state index is 5.64. The van der Waals surface area contributed by atoms with Gasteiger partial charge in [0.1, 0.15) is 0 Å². The topological polar surface area (TPSA) is 45.7 Å². The first-order valence-corrected chi connectivity index (χ1v) is 8.70. The van der Waals surface area contributed by atoms with Crippen LogP contribution in [0.2, 0.25) is 0 Å². The van der Waals surface area contributed by atoms with Crippen LogP contribution in [0.25, 0.3) is 0 Å². The highest BCUT2D eigenvalue weighted by molar-refractivity contribution is 5.79. The van der Waals surface area contributed by atoms with Crippen molar-refractivity contribution in [3.63, 3.8) is 0 Å². The number of hydrogen-bond acceptors (Lipinski definition) is 2. The van der Waals surface area contributed by atoms with E-state index in [-0.39, 0.29) is 5.41 Å². The molecule has 1 aliphatic heterocycles. The van der Waals surface area contributed by atoms with Gasteiger partial charge in [-0.15, -0.1) is 0 Å². The van der Waals surface area contributed by atoms with Gasteiger partial charge in [0.15, 0.2) is 5.96 Å². The van der Waals surface area contributed by atoms with Crippen LogP contribution in [0.4, 0.5) is 0 Å². The van der Waals surface area contributed by atoms with Crippen LogP contribution in [0.3, 0.4) is 0 Å². The molecule has 1 aliphatic rings. The molecule has 1 saturated heterocycles. The van der Waals surface area contributed by atoms with Gasteiger partial charge >= 0.3 is 0 Å². The average molecular weight is 317 g/mol. The molecule has 2 N–H and O–H groups in total. The summed E-state index contributed by atoms with van der Waals surface area (Å²) >= 11 is 0. The van der Waals surface area contributed by atoms with E-state index >= 15 is 0 Å². The van der Waals surface area contributed by atoms with Gasteiger partial charge in [0.2, 0.25) is 0 Å². The minimum atomic E-state index is 0.0494. The van der Waals surface area contributed by atoms with E-state index < -0.39 is 0 Å². The molecule has 1 aromatic rings. The smallest absolute Gasteiger partial charge is 0.191 e. The molecule has 4 heteroatoms. The van der Waals surface area contributed by atoms with E-state index in [4.69, 9.17) is 4.74 Å². The molecule has 1 aromatic carbocycles. The third kappa shape index (κ3) is 5.24. The van der Waals surface area contributed by atoms with E-state index in [2.05, 4.69) is 60.7 Å². The lowest BCUT2D eigenvalue weighted by atomic mass is 9.84. The summed E-state index contributed by atoms with van der Waals surface area (Å²) < 4.78 is 5.64. The predicted molar refractivity (Wildman–Crippen MR) is 97.2 cm³/mol. The minimum absolute atomic E-state index is 0.0494. The summed E-state index contributed by atoms with van der Waals surface area (Å²) in [6, 6.07) is 8.93. The van der Waals surface area contributed by atoms with Crippen molar-refractivity contribution in [1.82, 2.24) is 10.6 Å². The van der Waals surface area contributed by atoms with E-state index in [1.54, 1.807) is 0 Å². The highest BCUT2D eigenvalue weighted by atomic mass is 16.5. The van der Waals surface area contributed by atoms with Crippen molar-refractivity contribution >= 4 is 5.96 Å². The van der Waals surface area contributed by atoms with E-state index in [0.29, 0.717) is 6.10 Å². The van der Waals surface area contributed by atoms with Crippen LogP contribution in [0, 0.1) is 0 Å². The highest BCUT2D eigenvalue weighted by Crippen LogP contribution is 2.22. The van der Waals surface area contributed by atoms with E-state index in [1.807, 2.05) is 7.05 Å². The molecule has 0 aromatic heterocycles. The number of aliphatic imine (C=N–C) groups is 1. The zero-order valence-corrected chi connectivity index (χ0v) is 15.0. The number of nitrogens with one attached hydrogen (secondary N) is 2. The average Bonchev–Trinajstić information content (AvgIpc) is 3.08. The van der Waals surface area contributed by atoms with Gasteiger partial charge in [-0.05, 0) is 30.4 Å². The van der Waals surface area contributed by atoms with Gasteiger partial charge in [-0.25, -0.2) is 0 Å². The lowest BCUT2D eigenvalue weighted by molar-refractivity contribution is 0.114. The third-order valence-electron chi connectivity index (χ3n) is 4.59. The Morgan fingerprint density at radius 3 is 2.57 bits per heavy atom. The number of guanidine groups is 1.